The first-order valence-electron chi connectivity index (χ1n) is 4.77. The Bertz CT molecular complexity index is 240. The number of nitrogens with one attached hydrogen (secondary N) is 1. The highest BCUT2D eigenvalue weighted by Crippen LogP contribution is 2.13. The summed E-state index contributed by atoms with van der Waals surface area (Å²) in [4.78, 5) is 23.9. The first kappa shape index (κ1) is 11.0. The van der Waals surface area contributed by atoms with E-state index >= 15 is 0 Å². The monoisotopic (exact) mass is 200 g/mol. The summed E-state index contributed by atoms with van der Waals surface area (Å²) in [6, 6.07) is -0.579. The van der Waals surface area contributed by atoms with Crippen LogP contribution >= 0.6 is 0 Å². The van der Waals surface area contributed by atoms with Gasteiger partial charge >= 0.3 is 5.97 Å². The largest absolute Gasteiger partial charge is 0.480 e. The Kier molecular flexibility index (Phi) is 3.46. The molecule has 5 nitrogen and oxygen atoms in total. The van der Waals surface area contributed by atoms with Gasteiger partial charge in [0.25, 0.3) is 0 Å². The lowest BCUT2D eigenvalue weighted by atomic mass is 10.1. The maximum Gasteiger partial charge on any atom is 0.322 e. The predicted octanol–water partition coefficient (Wildman–Crippen LogP) is -0.330. The first-order valence-corrected chi connectivity index (χ1v) is 4.77. The molecule has 1 aliphatic heterocycles. The Labute approximate surface area is 83.1 Å². The molecule has 0 aromatic heterocycles. The van der Waals surface area contributed by atoms with E-state index in [1.807, 2.05) is 6.92 Å². The second kappa shape index (κ2) is 4.41. The van der Waals surface area contributed by atoms with Crippen molar-refractivity contribution < 1.29 is 14.7 Å². The lowest BCUT2D eigenvalue weighted by molar-refractivity contribution is -0.143. The number of hydrogen-bond donors (Lipinski definition) is 2. The Balaban J connectivity index is 2.79. The van der Waals surface area contributed by atoms with Crippen LogP contribution < -0.4 is 5.32 Å². The van der Waals surface area contributed by atoms with Crippen LogP contribution in [0.2, 0.25) is 0 Å². The third-order valence-corrected chi connectivity index (χ3v) is 2.74. The molecule has 1 aliphatic rings. The average Bonchev–Trinajstić information content (AvgIpc) is 2.26. The van der Waals surface area contributed by atoms with Gasteiger partial charge in [0, 0.05) is 19.0 Å². The zero-order valence-corrected chi connectivity index (χ0v) is 8.49. The van der Waals surface area contributed by atoms with Gasteiger partial charge in [0.2, 0.25) is 5.91 Å². The van der Waals surface area contributed by atoms with E-state index in [2.05, 4.69) is 5.32 Å². The van der Waals surface area contributed by atoms with Crippen molar-refractivity contribution in [1.29, 1.82) is 0 Å². The number of rotatable bonds is 2. The second-order valence-electron chi connectivity index (χ2n) is 3.59. The van der Waals surface area contributed by atoms with Gasteiger partial charge in [-0.3, -0.25) is 14.5 Å². The summed E-state index contributed by atoms with van der Waals surface area (Å²) in [7, 11) is 1.76. The number of amides is 1. The molecule has 0 saturated carbocycles. The van der Waals surface area contributed by atoms with Gasteiger partial charge in [-0.25, -0.2) is 0 Å². The van der Waals surface area contributed by atoms with Crippen molar-refractivity contribution in [2.45, 2.75) is 31.8 Å². The summed E-state index contributed by atoms with van der Waals surface area (Å²) in [6.45, 7) is 2.15. The van der Waals surface area contributed by atoms with Crippen LogP contribution in [0.15, 0.2) is 0 Å². The highest BCUT2D eigenvalue weighted by molar-refractivity contribution is 5.80. The van der Waals surface area contributed by atoms with Crippen molar-refractivity contribution in [1.82, 2.24) is 10.2 Å². The molecule has 0 aromatic carbocycles. The number of carboxylic acids is 1. The van der Waals surface area contributed by atoms with Gasteiger partial charge in [-0.1, -0.05) is 6.92 Å². The van der Waals surface area contributed by atoms with Gasteiger partial charge in [0.15, 0.2) is 0 Å². The molecule has 2 atom stereocenters. The van der Waals surface area contributed by atoms with Gasteiger partial charge in [-0.15, -0.1) is 0 Å². The lowest BCUT2D eigenvalue weighted by Gasteiger charge is -2.28. The maximum atomic E-state index is 11.2. The molecule has 14 heavy (non-hydrogen) atoms. The smallest absolute Gasteiger partial charge is 0.322 e. The van der Waals surface area contributed by atoms with E-state index in [1.54, 1.807) is 11.9 Å². The number of carbonyl (C=O) groups is 2. The fourth-order valence-electron chi connectivity index (χ4n) is 1.73. The van der Waals surface area contributed by atoms with Gasteiger partial charge in [-0.05, 0) is 13.5 Å². The maximum absolute atomic E-state index is 11.2. The topological polar surface area (TPSA) is 69.6 Å². The van der Waals surface area contributed by atoms with E-state index in [4.69, 9.17) is 5.11 Å². The Morgan fingerprint density at radius 1 is 1.71 bits per heavy atom. The first-order chi connectivity index (χ1) is 6.56. The van der Waals surface area contributed by atoms with Crippen molar-refractivity contribution in [2.24, 2.45) is 0 Å². The van der Waals surface area contributed by atoms with E-state index in [1.165, 1.54) is 0 Å². The van der Waals surface area contributed by atoms with Crippen molar-refractivity contribution >= 4 is 11.9 Å². The van der Waals surface area contributed by atoms with Crippen molar-refractivity contribution in [2.75, 3.05) is 13.6 Å². The molecule has 0 aliphatic carbocycles. The van der Waals surface area contributed by atoms with E-state index in [9.17, 15) is 9.59 Å². The van der Waals surface area contributed by atoms with Crippen LogP contribution in [0.5, 0.6) is 0 Å². The van der Waals surface area contributed by atoms with Crippen LogP contribution in [0.1, 0.15) is 19.8 Å². The summed E-state index contributed by atoms with van der Waals surface area (Å²) in [5.41, 5.74) is 0. The second-order valence-corrected chi connectivity index (χ2v) is 3.59. The zero-order valence-electron chi connectivity index (χ0n) is 8.49. The predicted molar refractivity (Wildman–Crippen MR) is 50.9 cm³/mol. The molecule has 5 heteroatoms. The normalized spacial score (nSPS) is 29.4. The minimum Gasteiger partial charge on any atom is -0.480 e. The number of carboxylic acid groups (broad SMARTS) is 1. The molecule has 1 rings (SSSR count). The van der Waals surface area contributed by atoms with Crippen LogP contribution in [0, 0.1) is 0 Å². The van der Waals surface area contributed by atoms with Crippen LogP contribution in [0.4, 0.5) is 0 Å². The van der Waals surface area contributed by atoms with Crippen LogP contribution in [0.25, 0.3) is 0 Å². The molecule has 2 N–H and O–H groups in total. The van der Waals surface area contributed by atoms with Crippen LogP contribution in [0.3, 0.4) is 0 Å². The van der Waals surface area contributed by atoms with E-state index < -0.39 is 12.0 Å². The summed E-state index contributed by atoms with van der Waals surface area (Å²) in [6.07, 6.45) is 1.17. The third-order valence-electron chi connectivity index (χ3n) is 2.74. The van der Waals surface area contributed by atoms with Crippen molar-refractivity contribution in [3.63, 3.8) is 0 Å². The number of likely N-dealkylation sites (N-methyl/N-ethyl adjacent to an activating group) is 1. The molecule has 1 saturated heterocycles. The molecule has 0 spiro atoms. The van der Waals surface area contributed by atoms with Crippen molar-refractivity contribution in [3.8, 4) is 0 Å². The summed E-state index contributed by atoms with van der Waals surface area (Å²) in [5.74, 6) is -0.944. The number of nitrogens with zero attached hydrogens (tertiary/aromatic N) is 1. The highest BCUT2D eigenvalue weighted by atomic mass is 16.4. The van der Waals surface area contributed by atoms with Crippen LogP contribution in [-0.4, -0.2) is 47.6 Å². The molecular weight excluding hydrogens is 184 g/mol. The SMILES string of the molecule is CCC1CC(=O)NCC(C(=O)O)N1C. The number of aliphatic carboxylic acids is 1. The average molecular weight is 200 g/mol. The Hall–Kier alpha value is -1.10. The Morgan fingerprint density at radius 2 is 2.36 bits per heavy atom. The number of hydrogen-bond acceptors (Lipinski definition) is 3. The molecule has 0 bridgehead atoms. The molecule has 2 unspecified atom stereocenters. The van der Waals surface area contributed by atoms with Gasteiger partial charge < -0.3 is 10.4 Å². The summed E-state index contributed by atoms with van der Waals surface area (Å²) >= 11 is 0. The zero-order chi connectivity index (χ0) is 10.7. The minimum atomic E-state index is -0.881. The molecule has 0 radical (unpaired) electrons. The van der Waals surface area contributed by atoms with E-state index in [-0.39, 0.29) is 18.5 Å². The summed E-state index contributed by atoms with van der Waals surface area (Å²) < 4.78 is 0. The van der Waals surface area contributed by atoms with Crippen molar-refractivity contribution in [3.05, 3.63) is 0 Å². The molecule has 0 aromatic rings. The molecule has 1 fully saturated rings. The molecule has 80 valence electrons. The number of carbonyl (C=O) groups excluding carboxylic acids is 1. The van der Waals surface area contributed by atoms with Crippen LogP contribution in [-0.2, 0) is 9.59 Å². The van der Waals surface area contributed by atoms with Gasteiger partial charge in [0.05, 0.1) is 0 Å². The molecule has 1 heterocycles. The molecule has 1 amide bonds. The quantitative estimate of drug-likeness (QED) is 0.640. The summed E-state index contributed by atoms with van der Waals surface area (Å²) in [5, 5.41) is 11.5. The lowest BCUT2D eigenvalue weighted by Crippen LogP contribution is -2.46. The standard InChI is InChI=1S/C9H16N2O3/c1-3-6-4-8(12)10-5-7(9(13)14)11(6)2/h6-7H,3-5H2,1-2H3,(H,10,12)(H,13,14). The van der Waals surface area contributed by atoms with Gasteiger partial charge in [0.1, 0.15) is 6.04 Å². The fraction of sp³-hybridized carbons (Fsp3) is 0.778. The van der Waals surface area contributed by atoms with Gasteiger partial charge in [-0.2, -0.15) is 0 Å². The molecular formula is C9H16N2O3. The third kappa shape index (κ3) is 2.23. The highest BCUT2D eigenvalue weighted by Gasteiger charge is 2.31. The van der Waals surface area contributed by atoms with E-state index in [0.29, 0.717) is 6.42 Å². The fourth-order valence-corrected chi connectivity index (χ4v) is 1.73. The minimum absolute atomic E-state index is 0.0265. The van der Waals surface area contributed by atoms with E-state index in [0.717, 1.165) is 6.42 Å². The Morgan fingerprint density at radius 3 is 2.86 bits per heavy atom.